The molecule has 4 heteroatoms. The molecule has 0 fully saturated rings. The van der Waals surface area contributed by atoms with Crippen molar-refractivity contribution in [3.05, 3.63) is 47.5 Å². The van der Waals surface area contributed by atoms with Crippen molar-refractivity contribution in [2.75, 3.05) is 6.54 Å². The third kappa shape index (κ3) is 3.54. The summed E-state index contributed by atoms with van der Waals surface area (Å²) in [6.07, 6.45) is 4.39. The summed E-state index contributed by atoms with van der Waals surface area (Å²) in [5.41, 5.74) is 3.08. The number of hydrogen-bond donors (Lipinski definition) is 1. The predicted octanol–water partition coefficient (Wildman–Crippen LogP) is 3.25. The minimum atomic E-state index is 0.773. The molecule has 0 bridgehead atoms. The second-order valence-corrected chi connectivity index (χ2v) is 4.62. The molecule has 0 saturated carbocycles. The van der Waals surface area contributed by atoms with E-state index in [1.807, 2.05) is 25.1 Å². The van der Waals surface area contributed by atoms with Crippen LogP contribution < -0.4 is 10.1 Å². The molecule has 2 rings (SSSR count). The van der Waals surface area contributed by atoms with Crippen molar-refractivity contribution in [1.82, 2.24) is 15.3 Å². The standard InChI is InChI=1S/C16H21N3O/c1-4-14-15(7-6-12(3)19-14)20-16-11-18-9-8-13(16)10-17-5-2/h6-9,11,17H,4-5,10H2,1-3H3. The van der Waals surface area contributed by atoms with Crippen molar-refractivity contribution in [3.63, 3.8) is 0 Å². The molecule has 0 spiro atoms. The molecule has 0 atom stereocenters. The molecular weight excluding hydrogens is 250 g/mol. The van der Waals surface area contributed by atoms with Gasteiger partial charge in [-0.3, -0.25) is 9.97 Å². The van der Waals surface area contributed by atoms with Gasteiger partial charge in [0.25, 0.3) is 0 Å². The lowest BCUT2D eigenvalue weighted by Crippen LogP contribution is -2.12. The lowest BCUT2D eigenvalue weighted by atomic mass is 10.2. The summed E-state index contributed by atoms with van der Waals surface area (Å²) in [4.78, 5) is 8.67. The van der Waals surface area contributed by atoms with Crippen LogP contribution in [0.3, 0.4) is 0 Å². The monoisotopic (exact) mass is 271 g/mol. The van der Waals surface area contributed by atoms with Crippen molar-refractivity contribution in [1.29, 1.82) is 0 Å². The molecule has 4 nitrogen and oxygen atoms in total. The summed E-state index contributed by atoms with van der Waals surface area (Å²) >= 11 is 0. The van der Waals surface area contributed by atoms with Crippen LogP contribution in [-0.2, 0) is 13.0 Å². The Morgan fingerprint density at radius 2 is 2.00 bits per heavy atom. The van der Waals surface area contributed by atoms with Gasteiger partial charge in [0.05, 0.1) is 11.9 Å². The van der Waals surface area contributed by atoms with Crippen molar-refractivity contribution < 1.29 is 4.74 Å². The zero-order valence-electron chi connectivity index (χ0n) is 12.3. The maximum atomic E-state index is 6.02. The van der Waals surface area contributed by atoms with E-state index in [1.165, 1.54) is 0 Å². The Hall–Kier alpha value is -1.94. The van der Waals surface area contributed by atoms with Gasteiger partial charge < -0.3 is 10.1 Å². The topological polar surface area (TPSA) is 47.0 Å². The van der Waals surface area contributed by atoms with Crippen LogP contribution in [0.25, 0.3) is 0 Å². The highest BCUT2D eigenvalue weighted by molar-refractivity contribution is 5.38. The minimum Gasteiger partial charge on any atom is -0.453 e. The van der Waals surface area contributed by atoms with Gasteiger partial charge in [-0.05, 0) is 38.1 Å². The van der Waals surface area contributed by atoms with Gasteiger partial charge in [-0.25, -0.2) is 0 Å². The van der Waals surface area contributed by atoms with Gasteiger partial charge in [0.2, 0.25) is 0 Å². The summed E-state index contributed by atoms with van der Waals surface area (Å²) in [5.74, 6) is 1.60. The van der Waals surface area contributed by atoms with E-state index >= 15 is 0 Å². The summed E-state index contributed by atoms with van der Waals surface area (Å²) in [7, 11) is 0. The first-order valence-corrected chi connectivity index (χ1v) is 7.02. The molecule has 0 aliphatic carbocycles. The summed E-state index contributed by atoms with van der Waals surface area (Å²) in [6.45, 7) is 7.85. The van der Waals surface area contributed by atoms with E-state index < -0.39 is 0 Å². The lowest BCUT2D eigenvalue weighted by Gasteiger charge is -2.13. The third-order valence-electron chi connectivity index (χ3n) is 3.06. The first-order valence-electron chi connectivity index (χ1n) is 7.02. The van der Waals surface area contributed by atoms with Crippen LogP contribution in [-0.4, -0.2) is 16.5 Å². The Morgan fingerprint density at radius 1 is 1.15 bits per heavy atom. The summed E-state index contributed by atoms with van der Waals surface area (Å²) in [5, 5.41) is 3.31. The number of nitrogens with zero attached hydrogens (tertiary/aromatic N) is 2. The fourth-order valence-corrected chi connectivity index (χ4v) is 1.97. The number of nitrogens with one attached hydrogen (secondary N) is 1. The zero-order valence-corrected chi connectivity index (χ0v) is 12.3. The van der Waals surface area contributed by atoms with Crippen LogP contribution in [0.15, 0.2) is 30.6 Å². The van der Waals surface area contributed by atoms with Crippen molar-refractivity contribution in [2.24, 2.45) is 0 Å². The fraction of sp³-hybridized carbons (Fsp3) is 0.375. The van der Waals surface area contributed by atoms with Crippen LogP contribution in [0.5, 0.6) is 11.5 Å². The van der Waals surface area contributed by atoms with E-state index in [4.69, 9.17) is 4.74 Å². The Morgan fingerprint density at radius 3 is 2.75 bits per heavy atom. The first-order chi connectivity index (χ1) is 9.74. The zero-order chi connectivity index (χ0) is 14.4. The molecule has 0 aromatic carbocycles. The number of ether oxygens (including phenoxy) is 1. The van der Waals surface area contributed by atoms with Gasteiger partial charge in [0.15, 0.2) is 0 Å². The first kappa shape index (κ1) is 14.5. The molecule has 1 N–H and O–H groups in total. The molecular formula is C16H21N3O. The van der Waals surface area contributed by atoms with E-state index in [0.717, 1.165) is 48.0 Å². The molecule has 0 amide bonds. The van der Waals surface area contributed by atoms with Gasteiger partial charge in [0, 0.05) is 24.0 Å². The van der Waals surface area contributed by atoms with E-state index in [0.29, 0.717) is 0 Å². The second-order valence-electron chi connectivity index (χ2n) is 4.62. The highest BCUT2D eigenvalue weighted by Crippen LogP contribution is 2.27. The van der Waals surface area contributed by atoms with E-state index in [-0.39, 0.29) is 0 Å². The van der Waals surface area contributed by atoms with Crippen LogP contribution in [0.2, 0.25) is 0 Å². The molecule has 0 aliphatic heterocycles. The summed E-state index contributed by atoms with van der Waals surface area (Å²) in [6, 6.07) is 5.92. The smallest absolute Gasteiger partial charge is 0.150 e. The quantitative estimate of drug-likeness (QED) is 0.876. The van der Waals surface area contributed by atoms with Crippen LogP contribution in [0, 0.1) is 6.92 Å². The molecule has 0 radical (unpaired) electrons. The highest BCUT2D eigenvalue weighted by Gasteiger charge is 2.09. The number of hydrogen-bond acceptors (Lipinski definition) is 4. The Bertz CT molecular complexity index is 569. The Balaban J connectivity index is 2.25. The van der Waals surface area contributed by atoms with Crippen molar-refractivity contribution in [2.45, 2.75) is 33.7 Å². The van der Waals surface area contributed by atoms with Crippen LogP contribution in [0.4, 0.5) is 0 Å². The van der Waals surface area contributed by atoms with Gasteiger partial charge in [-0.2, -0.15) is 0 Å². The molecule has 0 saturated heterocycles. The average Bonchev–Trinajstić information content (AvgIpc) is 2.48. The molecule has 106 valence electrons. The van der Waals surface area contributed by atoms with Crippen molar-refractivity contribution >= 4 is 0 Å². The maximum Gasteiger partial charge on any atom is 0.150 e. The predicted molar refractivity (Wildman–Crippen MR) is 80.0 cm³/mol. The van der Waals surface area contributed by atoms with Gasteiger partial charge in [-0.15, -0.1) is 0 Å². The SMILES string of the molecule is CCNCc1ccncc1Oc1ccc(C)nc1CC. The number of aryl methyl sites for hydroxylation is 2. The van der Waals surface area contributed by atoms with Gasteiger partial charge >= 0.3 is 0 Å². The molecule has 2 aromatic rings. The lowest BCUT2D eigenvalue weighted by molar-refractivity contribution is 0.461. The Kier molecular flexibility index (Phi) is 5.07. The normalized spacial score (nSPS) is 10.6. The third-order valence-corrected chi connectivity index (χ3v) is 3.06. The largest absolute Gasteiger partial charge is 0.453 e. The number of rotatable bonds is 6. The minimum absolute atomic E-state index is 0.773. The molecule has 20 heavy (non-hydrogen) atoms. The second kappa shape index (κ2) is 7.01. The van der Waals surface area contributed by atoms with Crippen LogP contribution in [0.1, 0.15) is 30.8 Å². The maximum absolute atomic E-state index is 6.02. The average molecular weight is 271 g/mol. The Labute approximate surface area is 120 Å². The van der Waals surface area contributed by atoms with Gasteiger partial charge in [0.1, 0.15) is 11.5 Å². The number of aromatic nitrogens is 2. The molecule has 0 unspecified atom stereocenters. The fourth-order valence-electron chi connectivity index (χ4n) is 1.97. The molecule has 0 aliphatic rings. The molecule has 2 aromatic heterocycles. The highest BCUT2D eigenvalue weighted by atomic mass is 16.5. The molecule has 2 heterocycles. The van der Waals surface area contributed by atoms with Crippen molar-refractivity contribution in [3.8, 4) is 11.5 Å². The van der Waals surface area contributed by atoms with Crippen LogP contribution >= 0.6 is 0 Å². The van der Waals surface area contributed by atoms with Gasteiger partial charge in [-0.1, -0.05) is 13.8 Å². The summed E-state index contributed by atoms with van der Waals surface area (Å²) < 4.78 is 6.02. The van der Waals surface area contributed by atoms with E-state index in [2.05, 4.69) is 29.1 Å². The van der Waals surface area contributed by atoms with E-state index in [9.17, 15) is 0 Å². The van der Waals surface area contributed by atoms with E-state index in [1.54, 1.807) is 12.4 Å². The number of pyridine rings is 2.